The van der Waals surface area contributed by atoms with E-state index in [1.807, 2.05) is 24.3 Å². The fourth-order valence-corrected chi connectivity index (χ4v) is 1.23. The van der Waals surface area contributed by atoms with Gasteiger partial charge in [0.05, 0.1) is 5.69 Å². The normalized spacial score (nSPS) is 10.7. The lowest BCUT2D eigenvalue weighted by molar-refractivity contribution is -0.104. The third kappa shape index (κ3) is 2.17. The van der Waals surface area contributed by atoms with Gasteiger partial charge in [0.15, 0.2) is 0 Å². The summed E-state index contributed by atoms with van der Waals surface area (Å²) in [4.78, 5) is 14.0. The minimum absolute atomic E-state index is 0.755. The standard InChI is InChI=1S/C11H9N3O/c15-7-1-2-10-3-5-11(6-4-10)14-9-12-8-13-14/h1-9H. The van der Waals surface area contributed by atoms with Gasteiger partial charge in [-0.25, -0.2) is 9.67 Å². The van der Waals surface area contributed by atoms with E-state index < -0.39 is 0 Å². The van der Waals surface area contributed by atoms with Crippen molar-refractivity contribution in [3.05, 3.63) is 48.6 Å². The average molecular weight is 199 g/mol. The van der Waals surface area contributed by atoms with Crippen LogP contribution in [0.2, 0.25) is 0 Å². The fourth-order valence-electron chi connectivity index (χ4n) is 1.23. The van der Waals surface area contributed by atoms with Gasteiger partial charge in [-0.15, -0.1) is 0 Å². The Kier molecular flexibility index (Phi) is 2.69. The van der Waals surface area contributed by atoms with Gasteiger partial charge in [-0.2, -0.15) is 5.10 Å². The van der Waals surface area contributed by atoms with E-state index in [1.165, 1.54) is 12.4 Å². The Labute approximate surface area is 86.9 Å². The van der Waals surface area contributed by atoms with Crippen LogP contribution in [0.15, 0.2) is 43.0 Å². The number of benzene rings is 1. The van der Waals surface area contributed by atoms with Crippen LogP contribution in [-0.4, -0.2) is 21.1 Å². The zero-order chi connectivity index (χ0) is 10.5. The zero-order valence-corrected chi connectivity index (χ0v) is 7.95. The van der Waals surface area contributed by atoms with E-state index in [9.17, 15) is 4.79 Å². The van der Waals surface area contributed by atoms with Gasteiger partial charge in [0.1, 0.15) is 18.9 Å². The lowest BCUT2D eigenvalue weighted by Gasteiger charge is -1.99. The molecule has 4 nitrogen and oxygen atoms in total. The van der Waals surface area contributed by atoms with E-state index in [0.29, 0.717) is 0 Å². The first-order chi connectivity index (χ1) is 7.40. The molecule has 0 bridgehead atoms. The van der Waals surface area contributed by atoms with E-state index >= 15 is 0 Å². The number of rotatable bonds is 3. The Morgan fingerprint density at radius 3 is 2.60 bits per heavy atom. The van der Waals surface area contributed by atoms with E-state index in [2.05, 4.69) is 10.1 Å². The van der Waals surface area contributed by atoms with Crippen LogP contribution in [0.1, 0.15) is 5.56 Å². The van der Waals surface area contributed by atoms with E-state index in [0.717, 1.165) is 17.5 Å². The molecule has 1 heterocycles. The highest BCUT2D eigenvalue weighted by Crippen LogP contribution is 2.08. The first-order valence-electron chi connectivity index (χ1n) is 4.47. The number of carbonyl (C=O) groups excluding carboxylic acids is 1. The summed E-state index contributed by atoms with van der Waals surface area (Å²) in [6.07, 6.45) is 7.09. The highest BCUT2D eigenvalue weighted by Gasteiger charge is 1.94. The second kappa shape index (κ2) is 4.32. The second-order valence-corrected chi connectivity index (χ2v) is 2.93. The van der Waals surface area contributed by atoms with Gasteiger partial charge in [-0.05, 0) is 23.8 Å². The van der Waals surface area contributed by atoms with Gasteiger partial charge in [-0.3, -0.25) is 4.79 Å². The second-order valence-electron chi connectivity index (χ2n) is 2.93. The molecule has 0 amide bonds. The van der Waals surface area contributed by atoms with Gasteiger partial charge in [-0.1, -0.05) is 18.2 Å². The number of allylic oxidation sites excluding steroid dienone is 1. The molecule has 1 aromatic carbocycles. The molecule has 0 atom stereocenters. The predicted molar refractivity (Wildman–Crippen MR) is 56.5 cm³/mol. The molecular formula is C11H9N3O. The maximum Gasteiger partial charge on any atom is 0.142 e. The molecule has 0 aliphatic carbocycles. The zero-order valence-electron chi connectivity index (χ0n) is 7.95. The Balaban J connectivity index is 2.24. The van der Waals surface area contributed by atoms with Crippen LogP contribution in [-0.2, 0) is 4.79 Å². The number of aromatic nitrogens is 3. The molecule has 0 saturated heterocycles. The number of hydrogen-bond donors (Lipinski definition) is 0. The predicted octanol–water partition coefficient (Wildman–Crippen LogP) is 1.48. The summed E-state index contributed by atoms with van der Waals surface area (Å²) in [6.45, 7) is 0. The SMILES string of the molecule is O=CC=Cc1ccc(-n2cncn2)cc1. The quantitative estimate of drug-likeness (QED) is 0.555. The first-order valence-corrected chi connectivity index (χ1v) is 4.47. The van der Waals surface area contributed by atoms with E-state index in [4.69, 9.17) is 0 Å². The van der Waals surface area contributed by atoms with Gasteiger partial charge < -0.3 is 0 Å². The summed E-state index contributed by atoms with van der Waals surface area (Å²) >= 11 is 0. The van der Waals surface area contributed by atoms with Crippen LogP contribution in [0.4, 0.5) is 0 Å². The Hall–Kier alpha value is -2.23. The van der Waals surface area contributed by atoms with Crippen LogP contribution in [0.3, 0.4) is 0 Å². The minimum atomic E-state index is 0.755. The molecule has 0 unspecified atom stereocenters. The van der Waals surface area contributed by atoms with Crippen LogP contribution in [0.5, 0.6) is 0 Å². The Morgan fingerprint density at radius 2 is 2.00 bits per heavy atom. The van der Waals surface area contributed by atoms with E-state index in [1.54, 1.807) is 17.1 Å². The maximum atomic E-state index is 10.1. The van der Waals surface area contributed by atoms with Crippen molar-refractivity contribution in [1.29, 1.82) is 0 Å². The van der Waals surface area contributed by atoms with E-state index in [-0.39, 0.29) is 0 Å². The molecule has 0 aliphatic heterocycles. The van der Waals surface area contributed by atoms with Crippen molar-refractivity contribution >= 4 is 12.4 Å². The third-order valence-corrected chi connectivity index (χ3v) is 1.94. The molecule has 4 heteroatoms. The van der Waals surface area contributed by atoms with Crippen molar-refractivity contribution in [2.24, 2.45) is 0 Å². The van der Waals surface area contributed by atoms with Gasteiger partial charge in [0, 0.05) is 0 Å². The lowest BCUT2D eigenvalue weighted by Crippen LogP contribution is -1.93. The van der Waals surface area contributed by atoms with Crippen LogP contribution >= 0.6 is 0 Å². The highest BCUT2D eigenvalue weighted by atomic mass is 16.1. The van der Waals surface area contributed by atoms with Crippen molar-refractivity contribution < 1.29 is 4.79 Å². The summed E-state index contributed by atoms with van der Waals surface area (Å²) in [5.41, 5.74) is 1.92. The highest BCUT2D eigenvalue weighted by molar-refractivity contribution is 5.73. The minimum Gasteiger partial charge on any atom is -0.299 e. The summed E-state index contributed by atoms with van der Waals surface area (Å²) in [5.74, 6) is 0. The van der Waals surface area contributed by atoms with Crippen LogP contribution < -0.4 is 0 Å². The van der Waals surface area contributed by atoms with Crippen molar-refractivity contribution in [2.75, 3.05) is 0 Å². The van der Waals surface area contributed by atoms with Crippen molar-refractivity contribution in [2.45, 2.75) is 0 Å². The van der Waals surface area contributed by atoms with Gasteiger partial charge in [0.2, 0.25) is 0 Å². The molecule has 74 valence electrons. The summed E-state index contributed by atoms with van der Waals surface area (Å²) < 4.78 is 1.67. The maximum absolute atomic E-state index is 10.1. The van der Waals surface area contributed by atoms with Crippen LogP contribution in [0.25, 0.3) is 11.8 Å². The molecular weight excluding hydrogens is 190 g/mol. The smallest absolute Gasteiger partial charge is 0.142 e. The molecule has 0 fully saturated rings. The molecule has 0 spiro atoms. The summed E-state index contributed by atoms with van der Waals surface area (Å²) in [6, 6.07) is 7.66. The summed E-state index contributed by atoms with van der Waals surface area (Å²) in [7, 11) is 0. The largest absolute Gasteiger partial charge is 0.299 e. The Bertz CT molecular complexity index is 457. The molecule has 2 aromatic rings. The number of carbonyl (C=O) groups is 1. The summed E-state index contributed by atoms with van der Waals surface area (Å²) in [5, 5.41) is 4.01. The van der Waals surface area contributed by atoms with Crippen molar-refractivity contribution in [3.8, 4) is 5.69 Å². The molecule has 1 aromatic heterocycles. The van der Waals surface area contributed by atoms with Gasteiger partial charge >= 0.3 is 0 Å². The third-order valence-electron chi connectivity index (χ3n) is 1.94. The average Bonchev–Trinajstić information content (AvgIpc) is 2.80. The van der Waals surface area contributed by atoms with Crippen molar-refractivity contribution in [1.82, 2.24) is 14.8 Å². The molecule has 0 N–H and O–H groups in total. The van der Waals surface area contributed by atoms with Crippen LogP contribution in [0, 0.1) is 0 Å². The molecule has 0 saturated carbocycles. The van der Waals surface area contributed by atoms with Gasteiger partial charge in [0.25, 0.3) is 0 Å². The lowest BCUT2D eigenvalue weighted by atomic mass is 10.2. The molecule has 0 aliphatic rings. The Morgan fingerprint density at radius 1 is 1.20 bits per heavy atom. The first kappa shape index (κ1) is 9.33. The van der Waals surface area contributed by atoms with Crippen molar-refractivity contribution in [3.63, 3.8) is 0 Å². The fraction of sp³-hybridized carbons (Fsp3) is 0. The number of aldehydes is 1. The molecule has 2 rings (SSSR count). The number of nitrogens with zero attached hydrogens (tertiary/aromatic N) is 3. The molecule has 0 radical (unpaired) electrons. The molecule has 15 heavy (non-hydrogen) atoms. The monoisotopic (exact) mass is 199 g/mol. The topological polar surface area (TPSA) is 47.8 Å². The number of hydrogen-bond acceptors (Lipinski definition) is 3.